The molecule has 0 bridgehead atoms. The predicted octanol–water partition coefficient (Wildman–Crippen LogP) is 2.88. The third-order valence-corrected chi connectivity index (χ3v) is 1.80. The van der Waals surface area contributed by atoms with Gasteiger partial charge in [-0.15, -0.1) is 0 Å². The first-order valence-electron chi connectivity index (χ1n) is 4.38. The van der Waals surface area contributed by atoms with Gasteiger partial charge in [-0.05, 0) is 19.0 Å². The van der Waals surface area contributed by atoms with Gasteiger partial charge >= 0.3 is 6.18 Å². The van der Waals surface area contributed by atoms with Crippen LogP contribution in [0, 0.1) is 0 Å². The number of halogens is 3. The molecule has 0 saturated heterocycles. The lowest BCUT2D eigenvalue weighted by Gasteiger charge is -2.19. The second-order valence-corrected chi connectivity index (χ2v) is 2.99. The quantitative estimate of drug-likeness (QED) is 0.821. The molecule has 0 radical (unpaired) electrons. The average molecular weight is 207 g/mol. The molecule has 1 rings (SSSR count). The summed E-state index contributed by atoms with van der Waals surface area (Å²) in [6, 6.07) is -0.304. The second kappa shape index (κ2) is 4.50. The lowest BCUT2D eigenvalue weighted by Crippen LogP contribution is -2.34. The van der Waals surface area contributed by atoms with Crippen LogP contribution >= 0.6 is 0 Å². The minimum absolute atomic E-state index is 0.117. The zero-order valence-electron chi connectivity index (χ0n) is 7.77. The van der Waals surface area contributed by atoms with E-state index in [9.17, 15) is 13.2 Å². The molecule has 1 unspecified atom stereocenters. The molecule has 1 atom stereocenters. The van der Waals surface area contributed by atoms with Crippen molar-refractivity contribution < 1.29 is 17.6 Å². The lowest BCUT2D eigenvalue weighted by atomic mass is 10.1. The van der Waals surface area contributed by atoms with Crippen LogP contribution in [-0.4, -0.2) is 12.7 Å². The minimum Gasteiger partial charge on any atom is -0.472 e. The van der Waals surface area contributed by atoms with E-state index in [1.807, 2.05) is 6.92 Å². The van der Waals surface area contributed by atoms with Gasteiger partial charge in [-0.1, -0.05) is 6.92 Å². The first kappa shape index (κ1) is 11.1. The van der Waals surface area contributed by atoms with Crippen molar-refractivity contribution in [2.45, 2.75) is 25.6 Å². The zero-order chi connectivity index (χ0) is 10.6. The summed E-state index contributed by atoms with van der Waals surface area (Å²) in [6.45, 7) is 2.14. The van der Waals surface area contributed by atoms with Crippen LogP contribution in [0.2, 0.25) is 0 Å². The van der Waals surface area contributed by atoms with Crippen molar-refractivity contribution in [2.24, 2.45) is 0 Å². The van der Waals surface area contributed by atoms with E-state index >= 15 is 0 Å². The normalized spacial score (nSPS) is 14.3. The molecule has 1 aromatic rings. The fourth-order valence-electron chi connectivity index (χ4n) is 1.15. The molecule has 0 aliphatic heterocycles. The smallest absolute Gasteiger partial charge is 0.408 e. The van der Waals surface area contributed by atoms with Gasteiger partial charge in [0.15, 0.2) is 0 Å². The van der Waals surface area contributed by atoms with Crippen LogP contribution in [0.15, 0.2) is 23.0 Å². The standard InChI is InChI=1S/C9H12F3NO/c1-2-4-13-8(9(10,11)12)7-3-5-14-6-7/h3,5-6,8,13H,2,4H2,1H3. The summed E-state index contributed by atoms with van der Waals surface area (Å²) in [7, 11) is 0. The summed E-state index contributed by atoms with van der Waals surface area (Å²) in [6.07, 6.45) is -1.27. The van der Waals surface area contributed by atoms with Gasteiger partial charge in [0.1, 0.15) is 6.04 Å². The summed E-state index contributed by atoms with van der Waals surface area (Å²) in [5.74, 6) is 0. The van der Waals surface area contributed by atoms with Crippen molar-refractivity contribution in [3.8, 4) is 0 Å². The molecule has 14 heavy (non-hydrogen) atoms. The van der Waals surface area contributed by atoms with Crippen molar-refractivity contribution in [1.82, 2.24) is 5.32 Å². The van der Waals surface area contributed by atoms with E-state index in [-0.39, 0.29) is 5.56 Å². The highest BCUT2D eigenvalue weighted by Gasteiger charge is 2.40. The Morgan fingerprint density at radius 1 is 1.50 bits per heavy atom. The Balaban J connectivity index is 2.73. The number of nitrogens with one attached hydrogen (secondary N) is 1. The molecule has 2 nitrogen and oxygen atoms in total. The molecule has 5 heteroatoms. The number of hydrogen-bond donors (Lipinski definition) is 1. The Bertz CT molecular complexity index is 256. The van der Waals surface area contributed by atoms with Gasteiger partial charge < -0.3 is 9.73 Å². The molecule has 0 amide bonds. The Labute approximate surface area is 80.1 Å². The van der Waals surface area contributed by atoms with E-state index in [1.54, 1.807) is 0 Å². The van der Waals surface area contributed by atoms with Crippen LogP contribution < -0.4 is 5.32 Å². The molecule has 0 saturated carbocycles. The molecule has 1 heterocycles. The molecule has 0 aromatic carbocycles. The maximum absolute atomic E-state index is 12.5. The van der Waals surface area contributed by atoms with Crippen LogP contribution in [0.4, 0.5) is 13.2 Å². The van der Waals surface area contributed by atoms with E-state index in [1.165, 1.54) is 12.3 Å². The first-order valence-corrected chi connectivity index (χ1v) is 4.38. The Kier molecular flexibility index (Phi) is 3.57. The number of alkyl halides is 3. The van der Waals surface area contributed by atoms with Gasteiger partial charge in [-0.2, -0.15) is 13.2 Å². The summed E-state index contributed by atoms with van der Waals surface area (Å²) < 4.78 is 42.1. The summed E-state index contributed by atoms with van der Waals surface area (Å²) >= 11 is 0. The van der Waals surface area contributed by atoms with Crippen LogP contribution in [0.25, 0.3) is 0 Å². The van der Waals surface area contributed by atoms with Gasteiger partial charge in [0.2, 0.25) is 0 Å². The van der Waals surface area contributed by atoms with Crippen LogP contribution in [0.3, 0.4) is 0 Å². The summed E-state index contributed by atoms with van der Waals surface area (Å²) in [4.78, 5) is 0. The highest BCUT2D eigenvalue weighted by Crippen LogP contribution is 2.32. The van der Waals surface area contributed by atoms with E-state index < -0.39 is 12.2 Å². The van der Waals surface area contributed by atoms with Crippen molar-refractivity contribution in [1.29, 1.82) is 0 Å². The Hall–Kier alpha value is -0.970. The van der Waals surface area contributed by atoms with E-state index in [2.05, 4.69) is 9.73 Å². The van der Waals surface area contributed by atoms with Gasteiger partial charge in [-0.3, -0.25) is 0 Å². The third-order valence-electron chi connectivity index (χ3n) is 1.80. The number of hydrogen-bond acceptors (Lipinski definition) is 2. The highest BCUT2D eigenvalue weighted by molar-refractivity contribution is 5.13. The highest BCUT2D eigenvalue weighted by atomic mass is 19.4. The van der Waals surface area contributed by atoms with Crippen molar-refractivity contribution in [3.63, 3.8) is 0 Å². The fraction of sp³-hybridized carbons (Fsp3) is 0.556. The van der Waals surface area contributed by atoms with Crippen molar-refractivity contribution in [3.05, 3.63) is 24.2 Å². The van der Waals surface area contributed by atoms with Gasteiger partial charge in [0.25, 0.3) is 0 Å². The maximum atomic E-state index is 12.5. The predicted molar refractivity (Wildman–Crippen MR) is 45.8 cm³/mol. The molecule has 1 aromatic heterocycles. The van der Waals surface area contributed by atoms with E-state index in [0.29, 0.717) is 13.0 Å². The fourth-order valence-corrected chi connectivity index (χ4v) is 1.15. The van der Waals surface area contributed by atoms with Gasteiger partial charge in [-0.25, -0.2) is 0 Å². The average Bonchev–Trinajstić information content (AvgIpc) is 2.55. The molecular formula is C9H12F3NO. The van der Waals surface area contributed by atoms with Crippen LogP contribution in [0.5, 0.6) is 0 Å². The van der Waals surface area contributed by atoms with Crippen LogP contribution in [0.1, 0.15) is 24.9 Å². The molecule has 0 aliphatic rings. The summed E-state index contributed by atoms with van der Waals surface area (Å²) in [5, 5.41) is 2.43. The molecule has 80 valence electrons. The zero-order valence-corrected chi connectivity index (χ0v) is 7.77. The van der Waals surface area contributed by atoms with E-state index in [0.717, 1.165) is 6.26 Å². The topological polar surface area (TPSA) is 25.2 Å². The first-order chi connectivity index (χ1) is 6.55. The SMILES string of the molecule is CCCNC(c1ccoc1)C(F)(F)F. The monoisotopic (exact) mass is 207 g/mol. The van der Waals surface area contributed by atoms with Gasteiger partial charge in [0.05, 0.1) is 12.5 Å². The van der Waals surface area contributed by atoms with Gasteiger partial charge in [0, 0.05) is 5.56 Å². The number of furan rings is 1. The summed E-state index contributed by atoms with van der Waals surface area (Å²) in [5.41, 5.74) is 0.117. The third kappa shape index (κ3) is 2.77. The van der Waals surface area contributed by atoms with Crippen molar-refractivity contribution in [2.75, 3.05) is 6.54 Å². The molecular weight excluding hydrogens is 195 g/mol. The molecule has 1 N–H and O–H groups in total. The lowest BCUT2D eigenvalue weighted by molar-refractivity contribution is -0.157. The molecule has 0 aliphatic carbocycles. The largest absolute Gasteiger partial charge is 0.472 e. The maximum Gasteiger partial charge on any atom is 0.408 e. The Morgan fingerprint density at radius 3 is 2.64 bits per heavy atom. The Morgan fingerprint density at radius 2 is 2.21 bits per heavy atom. The van der Waals surface area contributed by atoms with Crippen molar-refractivity contribution >= 4 is 0 Å². The van der Waals surface area contributed by atoms with Crippen LogP contribution in [-0.2, 0) is 0 Å². The molecule has 0 spiro atoms. The molecule has 0 fully saturated rings. The minimum atomic E-state index is -4.28. The van der Waals surface area contributed by atoms with E-state index in [4.69, 9.17) is 0 Å². The number of rotatable bonds is 4. The second-order valence-electron chi connectivity index (χ2n) is 2.99.